The molecule has 1 aliphatic rings. The number of hydrogen-bond donors (Lipinski definition) is 3. The summed E-state index contributed by atoms with van der Waals surface area (Å²) >= 11 is 0. The van der Waals surface area contributed by atoms with Crippen molar-refractivity contribution in [2.75, 3.05) is 11.9 Å². The number of rotatable bonds is 8. The first-order valence-corrected chi connectivity index (χ1v) is 11.4. The van der Waals surface area contributed by atoms with Crippen molar-refractivity contribution in [2.24, 2.45) is 0 Å². The largest absolute Gasteiger partial charge is 0.507 e. The highest BCUT2D eigenvalue weighted by molar-refractivity contribution is 5.81. The van der Waals surface area contributed by atoms with E-state index in [0.29, 0.717) is 28.5 Å². The highest BCUT2D eigenvalue weighted by Gasteiger charge is 2.26. The number of aromatic hydroxyl groups is 1. The Morgan fingerprint density at radius 3 is 2.63 bits per heavy atom. The number of anilines is 1. The van der Waals surface area contributed by atoms with Gasteiger partial charge in [-0.2, -0.15) is 18.7 Å². The zero-order valence-corrected chi connectivity index (χ0v) is 19.1. The second kappa shape index (κ2) is 9.14. The third-order valence-corrected chi connectivity index (χ3v) is 5.93. The van der Waals surface area contributed by atoms with Gasteiger partial charge in [-0.1, -0.05) is 18.2 Å². The van der Waals surface area contributed by atoms with Crippen molar-refractivity contribution in [3.8, 4) is 33.9 Å². The molecule has 0 unspecified atom stereocenters. The Morgan fingerprint density at radius 1 is 1.11 bits per heavy atom. The van der Waals surface area contributed by atoms with Gasteiger partial charge in [0, 0.05) is 35.5 Å². The first-order valence-electron chi connectivity index (χ1n) is 11.4. The van der Waals surface area contributed by atoms with Crippen molar-refractivity contribution in [3.63, 3.8) is 0 Å². The molecule has 0 saturated heterocycles. The molecule has 0 atom stereocenters. The SMILES string of the molecule is Cc1cc(-c2cnc3c(NCCC(F)(F)F)cc(-c4ccccc4O)cn23)ccc1ONC1CC1. The van der Waals surface area contributed by atoms with Crippen molar-refractivity contribution in [1.82, 2.24) is 14.9 Å². The highest BCUT2D eigenvalue weighted by Crippen LogP contribution is 2.35. The fraction of sp³-hybridized carbons (Fsp3) is 0.269. The van der Waals surface area contributed by atoms with Crippen LogP contribution in [0.3, 0.4) is 0 Å². The Balaban J connectivity index is 1.54. The van der Waals surface area contributed by atoms with Crippen LogP contribution in [0.4, 0.5) is 18.9 Å². The molecular weight excluding hydrogens is 457 g/mol. The lowest BCUT2D eigenvalue weighted by Crippen LogP contribution is -2.20. The third-order valence-electron chi connectivity index (χ3n) is 5.93. The number of fused-ring (bicyclic) bond motifs is 1. The van der Waals surface area contributed by atoms with Crippen LogP contribution in [0, 0.1) is 6.92 Å². The number of para-hydroxylation sites is 1. The minimum absolute atomic E-state index is 0.0789. The smallest absolute Gasteiger partial charge is 0.390 e. The number of pyridine rings is 1. The molecule has 9 heteroatoms. The Bertz CT molecular complexity index is 1360. The lowest BCUT2D eigenvalue weighted by molar-refractivity contribution is -0.131. The zero-order valence-electron chi connectivity index (χ0n) is 19.1. The van der Waals surface area contributed by atoms with Gasteiger partial charge in [-0.15, -0.1) is 0 Å². The molecule has 1 aliphatic carbocycles. The summed E-state index contributed by atoms with van der Waals surface area (Å²) in [6.45, 7) is 1.67. The van der Waals surface area contributed by atoms with E-state index in [4.69, 9.17) is 4.84 Å². The average molecular weight is 483 g/mol. The number of imidazole rings is 1. The number of phenols is 1. The first kappa shape index (κ1) is 23.0. The van der Waals surface area contributed by atoms with Crippen molar-refractivity contribution >= 4 is 11.3 Å². The predicted molar refractivity (Wildman–Crippen MR) is 128 cm³/mol. The Hall–Kier alpha value is -3.72. The molecule has 0 amide bonds. The second-order valence-corrected chi connectivity index (χ2v) is 8.76. The Labute approximate surface area is 200 Å². The first-order chi connectivity index (χ1) is 16.8. The highest BCUT2D eigenvalue weighted by atomic mass is 19.4. The molecule has 0 spiro atoms. The molecule has 4 aromatic rings. The maximum atomic E-state index is 12.8. The molecule has 5 rings (SSSR count). The maximum Gasteiger partial charge on any atom is 0.390 e. The number of aromatic nitrogens is 2. The molecule has 1 fully saturated rings. The lowest BCUT2D eigenvalue weighted by Gasteiger charge is -2.14. The third kappa shape index (κ3) is 5.19. The number of hydroxylamine groups is 1. The van der Waals surface area contributed by atoms with Gasteiger partial charge in [0.2, 0.25) is 0 Å². The molecule has 2 aromatic carbocycles. The molecule has 1 saturated carbocycles. The van der Waals surface area contributed by atoms with Crippen LogP contribution in [0.1, 0.15) is 24.8 Å². The maximum absolute atomic E-state index is 12.8. The molecule has 0 radical (unpaired) electrons. The summed E-state index contributed by atoms with van der Waals surface area (Å²) in [5.74, 6) is 0.814. The van der Waals surface area contributed by atoms with E-state index in [9.17, 15) is 18.3 Å². The molecule has 3 N–H and O–H groups in total. The van der Waals surface area contributed by atoms with Gasteiger partial charge in [0.25, 0.3) is 0 Å². The van der Waals surface area contributed by atoms with Crippen LogP contribution in [-0.4, -0.2) is 33.3 Å². The Kier molecular flexibility index (Phi) is 6.02. The van der Waals surface area contributed by atoms with Gasteiger partial charge in [-0.25, -0.2) is 4.98 Å². The summed E-state index contributed by atoms with van der Waals surface area (Å²) in [4.78, 5) is 10.2. The van der Waals surface area contributed by atoms with Crippen LogP contribution in [0.5, 0.6) is 11.5 Å². The molecule has 6 nitrogen and oxygen atoms in total. The second-order valence-electron chi connectivity index (χ2n) is 8.76. The Morgan fingerprint density at radius 2 is 1.91 bits per heavy atom. The minimum atomic E-state index is -4.27. The van der Waals surface area contributed by atoms with E-state index in [2.05, 4.69) is 15.8 Å². The molecule has 2 heterocycles. The van der Waals surface area contributed by atoms with E-state index >= 15 is 0 Å². The van der Waals surface area contributed by atoms with Crippen molar-refractivity contribution in [2.45, 2.75) is 38.4 Å². The topological polar surface area (TPSA) is 70.8 Å². The summed E-state index contributed by atoms with van der Waals surface area (Å²) in [5, 5.41) is 13.3. The predicted octanol–water partition coefficient (Wildman–Crippen LogP) is 6.09. The van der Waals surface area contributed by atoms with E-state index in [0.717, 1.165) is 35.4 Å². The van der Waals surface area contributed by atoms with E-state index in [1.807, 2.05) is 35.7 Å². The molecule has 35 heavy (non-hydrogen) atoms. The number of nitrogens with one attached hydrogen (secondary N) is 2. The molecule has 0 aliphatic heterocycles. The standard InChI is InChI=1S/C26H25F3N4O2/c1-16-12-17(6-9-24(16)35-32-19-7-8-19)22-14-31-25-21(30-11-10-26(27,28)29)13-18(15-33(22)25)20-4-2-3-5-23(20)34/h2-6,9,12-15,19,30,32,34H,7-8,10-11H2,1H3. The molecule has 182 valence electrons. The van der Waals surface area contributed by atoms with E-state index in [1.54, 1.807) is 36.5 Å². The summed E-state index contributed by atoms with van der Waals surface area (Å²) in [5.41, 5.74) is 7.78. The minimum Gasteiger partial charge on any atom is -0.507 e. The van der Waals surface area contributed by atoms with Crippen LogP contribution in [0.15, 0.2) is 60.9 Å². The van der Waals surface area contributed by atoms with Gasteiger partial charge < -0.3 is 15.3 Å². The van der Waals surface area contributed by atoms with E-state index in [-0.39, 0.29) is 12.3 Å². The van der Waals surface area contributed by atoms with Crippen molar-refractivity contribution in [3.05, 3.63) is 66.5 Å². The van der Waals surface area contributed by atoms with Crippen LogP contribution in [0.2, 0.25) is 0 Å². The number of phenolic OH excluding ortho intramolecular Hbond substituents is 1. The van der Waals surface area contributed by atoms with Gasteiger partial charge in [-0.05, 0) is 55.7 Å². The number of benzene rings is 2. The van der Waals surface area contributed by atoms with Crippen LogP contribution in [0.25, 0.3) is 28.0 Å². The molecular formula is C26H25F3N4O2. The summed E-state index contributed by atoms with van der Waals surface area (Å²) in [6.07, 6.45) is 0.500. The number of aryl methyl sites for hydroxylation is 1. The van der Waals surface area contributed by atoms with Crippen LogP contribution < -0.4 is 15.6 Å². The van der Waals surface area contributed by atoms with E-state index < -0.39 is 12.6 Å². The fourth-order valence-electron chi connectivity index (χ4n) is 3.91. The quantitative estimate of drug-likeness (QED) is 0.265. The van der Waals surface area contributed by atoms with Gasteiger partial charge in [-0.3, -0.25) is 4.40 Å². The normalized spacial score (nSPS) is 13.8. The van der Waals surface area contributed by atoms with Crippen molar-refractivity contribution < 1.29 is 23.1 Å². The monoisotopic (exact) mass is 482 g/mol. The van der Waals surface area contributed by atoms with Crippen LogP contribution in [-0.2, 0) is 0 Å². The van der Waals surface area contributed by atoms with Gasteiger partial charge >= 0.3 is 6.18 Å². The number of alkyl halides is 3. The number of hydrogen-bond acceptors (Lipinski definition) is 5. The van der Waals surface area contributed by atoms with Gasteiger partial charge in [0.05, 0.1) is 24.0 Å². The number of nitrogens with zero attached hydrogens (tertiary/aromatic N) is 2. The zero-order chi connectivity index (χ0) is 24.6. The fourth-order valence-corrected chi connectivity index (χ4v) is 3.91. The van der Waals surface area contributed by atoms with Crippen LogP contribution >= 0.6 is 0 Å². The molecule has 2 aromatic heterocycles. The van der Waals surface area contributed by atoms with E-state index in [1.165, 1.54) is 0 Å². The number of halogens is 3. The van der Waals surface area contributed by atoms with Gasteiger partial charge in [0.15, 0.2) is 5.65 Å². The van der Waals surface area contributed by atoms with Crippen molar-refractivity contribution in [1.29, 1.82) is 0 Å². The molecule has 0 bridgehead atoms. The lowest BCUT2D eigenvalue weighted by atomic mass is 10.1. The summed E-state index contributed by atoms with van der Waals surface area (Å²) < 4.78 is 40.1. The summed E-state index contributed by atoms with van der Waals surface area (Å²) in [7, 11) is 0. The summed E-state index contributed by atoms with van der Waals surface area (Å²) in [6, 6.07) is 14.7. The average Bonchev–Trinajstić information content (AvgIpc) is 3.54. The van der Waals surface area contributed by atoms with Gasteiger partial charge in [0.1, 0.15) is 11.5 Å².